The van der Waals surface area contributed by atoms with Crippen LogP contribution in [0.25, 0.3) is 43.1 Å². The molecular weight excluding hydrogens is 1160 g/mol. The van der Waals surface area contributed by atoms with Gasteiger partial charge in [0.2, 0.25) is 47.3 Å². The Morgan fingerprint density at radius 3 is 1.20 bits per heavy atom. The summed E-state index contributed by atoms with van der Waals surface area (Å²) in [4.78, 5) is 112. The Hall–Kier alpha value is -10.9. The molecule has 0 fully saturated rings. The van der Waals surface area contributed by atoms with E-state index in [1.165, 1.54) is 13.8 Å². The summed E-state index contributed by atoms with van der Waals surface area (Å²) in [6.45, 7) is 3.36. The van der Waals surface area contributed by atoms with Gasteiger partial charge in [-0.2, -0.15) is 0 Å². The Balaban J connectivity index is 0.000000261. The number of hydrogen-bond donors (Lipinski definition) is 12. The number of nitrogens with two attached hydrogens (primary N) is 4. The Labute approximate surface area is 534 Å². The van der Waals surface area contributed by atoms with Crippen LogP contribution in [0, 0.1) is 0 Å². The van der Waals surface area contributed by atoms with Gasteiger partial charge in [-0.05, 0) is 91.0 Å². The van der Waals surface area contributed by atoms with Crippen LogP contribution >= 0.6 is 0 Å². The van der Waals surface area contributed by atoms with Gasteiger partial charge in [0.15, 0.2) is 11.9 Å². The lowest BCUT2D eigenvalue weighted by atomic mass is 9.98. The molecule has 0 radical (unpaired) electrons. The fourth-order valence-corrected chi connectivity index (χ4v) is 10.9. The molecule has 0 aliphatic heterocycles. The summed E-state index contributed by atoms with van der Waals surface area (Å²) in [5.41, 5.74) is 25.7. The third-order valence-electron chi connectivity index (χ3n) is 15.5. The quantitative estimate of drug-likeness (QED) is 0.0187. The molecular formula is C70H82N14O8. The normalized spacial score (nSPS) is 13.1. The molecule has 0 spiro atoms. The van der Waals surface area contributed by atoms with Crippen molar-refractivity contribution in [2.24, 2.45) is 32.9 Å². The molecule has 8 amide bonds. The van der Waals surface area contributed by atoms with Crippen molar-refractivity contribution in [1.82, 2.24) is 42.5 Å². The molecule has 92 heavy (non-hydrogen) atoms. The molecule has 8 aromatic carbocycles. The van der Waals surface area contributed by atoms with Crippen LogP contribution in [0.2, 0.25) is 0 Å². The van der Waals surface area contributed by atoms with E-state index >= 15 is 0 Å². The number of nitrogens with one attached hydrogen (secondary N) is 8. The lowest BCUT2D eigenvalue weighted by molar-refractivity contribution is -0.133. The van der Waals surface area contributed by atoms with Gasteiger partial charge in [0.1, 0.15) is 36.3 Å². The maximum atomic E-state index is 13.8. The second kappa shape index (κ2) is 34.2. The molecule has 16 N–H and O–H groups in total. The lowest BCUT2D eigenvalue weighted by Crippen LogP contribution is -2.57. The maximum Gasteiger partial charge on any atom is 0.243 e. The first-order valence-electron chi connectivity index (χ1n) is 30.5. The van der Waals surface area contributed by atoms with Gasteiger partial charge in [-0.15, -0.1) is 0 Å². The predicted molar refractivity (Wildman–Crippen MR) is 361 cm³/mol. The second-order valence-electron chi connectivity index (χ2n) is 22.4. The van der Waals surface area contributed by atoms with E-state index in [1.807, 2.05) is 170 Å². The van der Waals surface area contributed by atoms with Crippen molar-refractivity contribution in [3.8, 4) is 0 Å². The number of aliphatic imine (C=N–C) groups is 2. The van der Waals surface area contributed by atoms with E-state index in [1.54, 1.807) is 14.1 Å². The highest BCUT2D eigenvalue weighted by atomic mass is 16.2. The molecule has 0 saturated heterocycles. The average molecular weight is 1250 g/mol. The molecule has 22 heteroatoms. The largest absolute Gasteiger partial charge is 0.370 e. The van der Waals surface area contributed by atoms with Crippen molar-refractivity contribution in [2.45, 2.75) is 101 Å². The van der Waals surface area contributed by atoms with E-state index in [-0.39, 0.29) is 56.9 Å². The summed E-state index contributed by atoms with van der Waals surface area (Å²) in [6.07, 6.45) is 2.01. The van der Waals surface area contributed by atoms with Gasteiger partial charge in [-0.3, -0.25) is 48.3 Å². The number of carbonyl (C=O) groups is 8. The first kappa shape index (κ1) is 68.6. The van der Waals surface area contributed by atoms with Gasteiger partial charge in [0, 0.05) is 66.7 Å². The number of carbonyl (C=O) groups excluding carboxylic acids is 8. The topological polar surface area (TPSA) is 362 Å². The van der Waals surface area contributed by atoms with Gasteiger partial charge < -0.3 is 65.5 Å². The van der Waals surface area contributed by atoms with Gasteiger partial charge >= 0.3 is 0 Å². The molecule has 8 aromatic rings. The second-order valence-corrected chi connectivity index (χ2v) is 22.4. The Bertz CT molecular complexity index is 3970. The summed E-state index contributed by atoms with van der Waals surface area (Å²) in [5.74, 6) is -3.89. The number of benzene rings is 8. The van der Waals surface area contributed by atoms with Gasteiger partial charge in [0.05, 0.1) is 0 Å². The number of amides is 8. The molecule has 0 heterocycles. The SMILES string of the molecule is CC(=O)N[C@H](Cc1cccc2ccccc12)C(=O)N[C@@H](CCCN=C(N)N)C(=O)N[C@H](Cc1ccc2ccccc2c1)C(N)=O.CN=C(NC)NCCC[C@H](NC(=O)[C@@H](Cc1cccc2ccccc12)NC(C)=O)C(=O)N[C@H](Cc1ccc2ccccc2c1)C(N)=O. The summed E-state index contributed by atoms with van der Waals surface area (Å²) in [6, 6.07) is 48.3. The Morgan fingerprint density at radius 2 is 0.793 bits per heavy atom. The van der Waals surface area contributed by atoms with E-state index in [0.717, 1.165) is 65.3 Å². The van der Waals surface area contributed by atoms with Crippen LogP contribution in [0.4, 0.5) is 0 Å². The third kappa shape index (κ3) is 20.6. The summed E-state index contributed by atoms with van der Waals surface area (Å²) < 4.78 is 0. The fraction of sp³-hybridized carbons (Fsp3) is 0.286. The monoisotopic (exact) mass is 1250 g/mol. The van der Waals surface area contributed by atoms with Crippen molar-refractivity contribution >= 4 is 102 Å². The van der Waals surface area contributed by atoms with E-state index < -0.39 is 77.6 Å². The summed E-state index contributed by atoms with van der Waals surface area (Å²) in [5, 5.41) is 30.7. The zero-order chi connectivity index (χ0) is 66.1. The number of primary amides is 2. The van der Waals surface area contributed by atoms with E-state index in [4.69, 9.17) is 22.9 Å². The van der Waals surface area contributed by atoms with Crippen molar-refractivity contribution in [1.29, 1.82) is 0 Å². The number of fused-ring (bicyclic) bond motifs is 4. The number of rotatable bonds is 28. The van der Waals surface area contributed by atoms with Crippen LogP contribution in [0.5, 0.6) is 0 Å². The predicted octanol–water partition coefficient (Wildman–Crippen LogP) is 4.10. The minimum Gasteiger partial charge on any atom is -0.370 e. The van der Waals surface area contributed by atoms with Gasteiger partial charge in [-0.1, -0.05) is 170 Å². The minimum absolute atomic E-state index is 0.0926. The highest BCUT2D eigenvalue weighted by molar-refractivity contribution is 5.97. The van der Waals surface area contributed by atoms with Gasteiger partial charge in [-0.25, -0.2) is 0 Å². The molecule has 0 aliphatic rings. The number of guanidine groups is 2. The zero-order valence-electron chi connectivity index (χ0n) is 52.2. The fourth-order valence-electron chi connectivity index (χ4n) is 10.9. The van der Waals surface area contributed by atoms with E-state index in [9.17, 15) is 38.4 Å². The number of nitrogens with zero attached hydrogens (tertiary/aromatic N) is 2. The van der Waals surface area contributed by atoms with Crippen molar-refractivity contribution in [3.05, 3.63) is 192 Å². The minimum atomic E-state index is -1.06. The molecule has 0 saturated carbocycles. The van der Waals surface area contributed by atoms with Crippen LogP contribution in [-0.4, -0.2) is 123 Å². The smallest absolute Gasteiger partial charge is 0.243 e. The highest BCUT2D eigenvalue weighted by Crippen LogP contribution is 2.23. The standard InChI is InChI=1S/C36H43N7O4.C34H39N7O4/c1-23(44)41-32(22-28-14-8-13-26-11-6-7-15-29(26)28)35(47)42-30(16-9-19-40-36(38-2)39-3)34(46)43-31(33(37)45)21-24-17-18-25-10-4-5-12-27(25)20-24;1-21(42)39-30(20-26-12-6-11-24-9-4-5-13-27(24)26)33(45)40-28(14-7-17-38-34(36)37)32(44)41-29(31(35)43)19-22-15-16-23-8-2-3-10-25(23)18-22/h4-8,10-15,17-18,20,30-32H,9,16,19,21-22H2,1-3H3,(H2,37,45)(H,41,44)(H,42,47)(H,43,46)(H2,38,39,40);2-6,8-13,15-16,18,28-30H,7,14,17,19-20H2,1H3,(H2,35,43)(H,39,42)(H,40,45)(H,41,44)(H4,36,37,38)/t30-,31+,32+;28-,29+,30+/m00/s1. The van der Waals surface area contributed by atoms with Crippen LogP contribution in [0.3, 0.4) is 0 Å². The van der Waals surface area contributed by atoms with Crippen molar-refractivity contribution < 1.29 is 38.4 Å². The van der Waals surface area contributed by atoms with Gasteiger partial charge in [0.25, 0.3) is 0 Å². The molecule has 6 atom stereocenters. The Morgan fingerprint density at radius 1 is 0.413 bits per heavy atom. The van der Waals surface area contributed by atoms with Crippen molar-refractivity contribution in [2.75, 3.05) is 27.2 Å². The molecule has 480 valence electrons. The maximum absolute atomic E-state index is 13.8. The first-order valence-corrected chi connectivity index (χ1v) is 30.5. The first-order chi connectivity index (χ1) is 44.3. The molecule has 22 nitrogen and oxygen atoms in total. The summed E-state index contributed by atoms with van der Waals surface area (Å²) >= 11 is 0. The van der Waals surface area contributed by atoms with E-state index in [2.05, 4.69) is 52.5 Å². The lowest BCUT2D eigenvalue weighted by Gasteiger charge is -2.25. The molecule has 8 rings (SSSR count). The molecule has 0 unspecified atom stereocenters. The van der Waals surface area contributed by atoms with Crippen LogP contribution in [-0.2, 0) is 64.0 Å². The third-order valence-corrected chi connectivity index (χ3v) is 15.5. The average Bonchev–Trinajstić information content (AvgIpc) is 0.980. The Kier molecular flexibility index (Phi) is 25.5. The van der Waals surface area contributed by atoms with Crippen LogP contribution in [0.1, 0.15) is 61.8 Å². The van der Waals surface area contributed by atoms with Crippen molar-refractivity contribution in [3.63, 3.8) is 0 Å². The molecule has 0 aromatic heterocycles. The van der Waals surface area contributed by atoms with Crippen LogP contribution in [0.15, 0.2) is 180 Å². The van der Waals surface area contributed by atoms with E-state index in [0.29, 0.717) is 25.3 Å². The highest BCUT2D eigenvalue weighted by Gasteiger charge is 2.31. The summed E-state index contributed by atoms with van der Waals surface area (Å²) in [7, 11) is 3.39. The molecule has 0 bridgehead atoms. The zero-order valence-corrected chi connectivity index (χ0v) is 52.2. The number of hydrogen-bond acceptors (Lipinski definition) is 10. The van der Waals surface area contributed by atoms with Crippen LogP contribution < -0.4 is 65.5 Å². The molecule has 0 aliphatic carbocycles.